The van der Waals surface area contributed by atoms with E-state index >= 15 is 0 Å². The molecule has 0 aromatic rings. The fraction of sp³-hybridized carbons (Fsp3) is 1.00. The topological polar surface area (TPSA) is 9.23 Å². The van der Waals surface area contributed by atoms with E-state index in [0.717, 1.165) is 6.61 Å². The highest BCUT2D eigenvalue weighted by molar-refractivity contribution is 6.26. The number of hydrogen-bond donors (Lipinski definition) is 0. The van der Waals surface area contributed by atoms with Gasteiger partial charge in [-0.2, -0.15) is 0 Å². The van der Waals surface area contributed by atoms with E-state index in [1.165, 1.54) is 18.1 Å². The van der Waals surface area contributed by atoms with Gasteiger partial charge in [0.1, 0.15) is 0 Å². The molecule has 0 fully saturated rings. The third-order valence-corrected chi connectivity index (χ3v) is 2.58. The van der Waals surface area contributed by atoms with Crippen LogP contribution >= 0.6 is 0 Å². The summed E-state index contributed by atoms with van der Waals surface area (Å²) in [5.74, 6) is 0. The number of rotatable bonds is 5. The van der Waals surface area contributed by atoms with Crippen LogP contribution in [0.25, 0.3) is 0 Å². The number of hydrogen-bond acceptors (Lipinski definition) is 1. The van der Waals surface area contributed by atoms with Gasteiger partial charge in [-0.1, -0.05) is 25.0 Å². The normalized spacial score (nSPS) is 9.25. The van der Waals surface area contributed by atoms with E-state index in [0.29, 0.717) is 0 Å². The molecule has 0 aromatic heterocycles. The minimum atomic E-state index is -0.0997. The summed E-state index contributed by atoms with van der Waals surface area (Å²) in [7, 11) is 0. The lowest BCUT2D eigenvalue weighted by atomic mass is 10.4. The van der Waals surface area contributed by atoms with Gasteiger partial charge in [0, 0.05) is 6.61 Å². The number of unbranched alkanes of at least 4 members (excludes halogenated alkanes) is 1. The average Bonchev–Trinajstić information content (AvgIpc) is 1.81. The lowest BCUT2D eigenvalue weighted by Crippen LogP contribution is -1.95. The van der Waals surface area contributed by atoms with Crippen molar-refractivity contribution < 1.29 is 3.79 Å². The molecular formula is C6H15AlO. The fourth-order valence-electron chi connectivity index (χ4n) is 0.598. The van der Waals surface area contributed by atoms with Crippen molar-refractivity contribution in [2.75, 3.05) is 6.61 Å². The Morgan fingerprint density at radius 3 is 2.62 bits per heavy atom. The molecule has 0 rings (SSSR count). The second-order valence-electron chi connectivity index (χ2n) is 1.90. The molecule has 0 aliphatic carbocycles. The molecule has 1 nitrogen and oxygen atoms in total. The molecule has 0 saturated heterocycles. The van der Waals surface area contributed by atoms with Crippen LogP contribution in [0.1, 0.15) is 26.7 Å². The molecule has 48 valence electrons. The lowest BCUT2D eigenvalue weighted by molar-refractivity contribution is 0.359. The summed E-state index contributed by atoms with van der Waals surface area (Å²) in [4.78, 5) is 0. The summed E-state index contributed by atoms with van der Waals surface area (Å²) in [5, 5.41) is 1.37. The summed E-state index contributed by atoms with van der Waals surface area (Å²) < 4.78 is 5.27. The van der Waals surface area contributed by atoms with Crippen LogP contribution < -0.4 is 0 Å². The van der Waals surface area contributed by atoms with Crippen LogP contribution in [0.5, 0.6) is 0 Å². The van der Waals surface area contributed by atoms with Crippen LogP contribution in [0, 0.1) is 0 Å². The van der Waals surface area contributed by atoms with Crippen molar-refractivity contribution >= 4 is 15.6 Å². The van der Waals surface area contributed by atoms with Gasteiger partial charge < -0.3 is 3.79 Å². The van der Waals surface area contributed by atoms with Crippen molar-refractivity contribution in [2.45, 2.75) is 32.0 Å². The lowest BCUT2D eigenvalue weighted by Gasteiger charge is -1.94. The van der Waals surface area contributed by atoms with Crippen LogP contribution in [0.3, 0.4) is 0 Å². The summed E-state index contributed by atoms with van der Waals surface area (Å²) in [6.07, 6.45) is 2.69. The van der Waals surface area contributed by atoms with Crippen molar-refractivity contribution in [1.29, 1.82) is 0 Å². The van der Waals surface area contributed by atoms with E-state index < -0.39 is 0 Å². The molecule has 0 heterocycles. The Kier molecular flexibility index (Phi) is 7.95. The van der Waals surface area contributed by atoms with E-state index in [2.05, 4.69) is 13.8 Å². The van der Waals surface area contributed by atoms with Gasteiger partial charge in [-0.3, -0.25) is 0 Å². The van der Waals surface area contributed by atoms with Crippen molar-refractivity contribution in [2.24, 2.45) is 0 Å². The second-order valence-corrected chi connectivity index (χ2v) is 3.43. The molecular weight excluding hydrogens is 115 g/mol. The smallest absolute Gasteiger partial charge is 0.435 e. The molecule has 2 heteroatoms. The van der Waals surface area contributed by atoms with Gasteiger partial charge in [0.2, 0.25) is 0 Å². The Balaban J connectivity index is 2.53. The Bertz CT molecular complexity index is 33.5. The molecule has 0 atom stereocenters. The maximum atomic E-state index is 5.27. The molecule has 0 N–H and O–H groups in total. The first-order valence-corrected chi connectivity index (χ1v) is 5.07. The summed E-state index contributed by atoms with van der Waals surface area (Å²) in [6, 6.07) is 0. The zero-order valence-electron chi connectivity index (χ0n) is 5.94. The highest BCUT2D eigenvalue weighted by Gasteiger charge is 1.90. The van der Waals surface area contributed by atoms with Crippen LogP contribution in [-0.2, 0) is 3.79 Å². The zero-order valence-corrected chi connectivity index (χ0v) is 7.36. The Morgan fingerprint density at radius 1 is 1.38 bits per heavy atom. The van der Waals surface area contributed by atoms with Crippen LogP contribution in [0.15, 0.2) is 0 Å². The van der Waals surface area contributed by atoms with Crippen molar-refractivity contribution in [3.8, 4) is 0 Å². The molecule has 0 aliphatic heterocycles. The van der Waals surface area contributed by atoms with E-state index in [9.17, 15) is 0 Å². The van der Waals surface area contributed by atoms with Gasteiger partial charge in [-0.15, -0.1) is 0 Å². The van der Waals surface area contributed by atoms with Gasteiger partial charge in [0.05, 0.1) is 0 Å². The highest BCUT2D eigenvalue weighted by Crippen LogP contribution is 1.92. The first kappa shape index (κ1) is 8.49. The van der Waals surface area contributed by atoms with Gasteiger partial charge in [-0.25, -0.2) is 0 Å². The van der Waals surface area contributed by atoms with Gasteiger partial charge in [0.15, 0.2) is 0 Å². The molecule has 0 bridgehead atoms. The Labute approximate surface area is 58.5 Å². The van der Waals surface area contributed by atoms with Crippen LogP contribution in [0.4, 0.5) is 0 Å². The van der Waals surface area contributed by atoms with Crippen molar-refractivity contribution in [3.63, 3.8) is 0 Å². The molecule has 0 aromatic carbocycles. The fourth-order valence-corrected chi connectivity index (χ4v) is 1.80. The predicted octanol–water partition coefficient (Wildman–Crippen LogP) is 1.59. The predicted molar refractivity (Wildman–Crippen MR) is 38.5 cm³/mol. The molecule has 8 heavy (non-hydrogen) atoms. The first-order valence-electron chi connectivity index (χ1n) is 3.49. The quantitative estimate of drug-likeness (QED) is 0.405. The van der Waals surface area contributed by atoms with Gasteiger partial charge in [-0.05, 0) is 6.92 Å². The minimum Gasteiger partial charge on any atom is -0.503 e. The molecule has 0 amide bonds. The van der Waals surface area contributed by atoms with Crippen LogP contribution in [-0.4, -0.2) is 22.2 Å². The third kappa shape index (κ3) is 6.49. The zero-order chi connectivity index (χ0) is 6.24. The minimum absolute atomic E-state index is 0.0997. The standard InChI is InChI=1S/C4H9.C2H5O.Al.H/c1-3-4-2;1-2-3;;/h1,3-4H2,2H3;2H2,1H3;;/q;-1;+1;. The second kappa shape index (κ2) is 7.49. The van der Waals surface area contributed by atoms with Gasteiger partial charge >= 0.3 is 15.6 Å². The van der Waals surface area contributed by atoms with Crippen molar-refractivity contribution in [3.05, 3.63) is 0 Å². The molecule has 0 aliphatic rings. The summed E-state index contributed by atoms with van der Waals surface area (Å²) in [6.45, 7) is 5.22. The largest absolute Gasteiger partial charge is 0.503 e. The van der Waals surface area contributed by atoms with E-state index in [1.807, 2.05) is 0 Å². The maximum absolute atomic E-state index is 5.27. The average molecular weight is 130 g/mol. The van der Waals surface area contributed by atoms with Crippen molar-refractivity contribution in [1.82, 2.24) is 0 Å². The molecule has 0 unspecified atom stereocenters. The summed E-state index contributed by atoms with van der Waals surface area (Å²) >= 11 is -0.0997. The van der Waals surface area contributed by atoms with Crippen LogP contribution in [0.2, 0.25) is 5.28 Å². The molecule has 0 saturated carbocycles. The molecule has 0 radical (unpaired) electrons. The molecule has 0 spiro atoms. The maximum Gasteiger partial charge on any atom is 0.435 e. The van der Waals surface area contributed by atoms with E-state index in [4.69, 9.17) is 3.79 Å². The van der Waals surface area contributed by atoms with E-state index in [1.54, 1.807) is 0 Å². The monoisotopic (exact) mass is 130 g/mol. The SMILES string of the molecule is CCC[CH2][AlH][O]CC. The highest BCUT2D eigenvalue weighted by atomic mass is 27.1. The summed E-state index contributed by atoms with van der Waals surface area (Å²) in [5.41, 5.74) is 0. The third-order valence-electron chi connectivity index (χ3n) is 1.10. The first-order chi connectivity index (χ1) is 3.91. The Hall–Kier alpha value is 0.492. The van der Waals surface area contributed by atoms with Gasteiger partial charge in [0.25, 0.3) is 0 Å². The Morgan fingerprint density at radius 2 is 2.12 bits per heavy atom. The van der Waals surface area contributed by atoms with E-state index in [-0.39, 0.29) is 15.6 Å².